The van der Waals surface area contributed by atoms with Gasteiger partial charge in [0.2, 0.25) is 0 Å². The highest BCUT2D eigenvalue weighted by atomic mass is 16.3. The lowest BCUT2D eigenvalue weighted by Gasteiger charge is -2.08. The summed E-state index contributed by atoms with van der Waals surface area (Å²) in [5.41, 5.74) is 0.920. The molecule has 0 bridgehead atoms. The van der Waals surface area contributed by atoms with E-state index in [1.54, 1.807) is 12.1 Å². The van der Waals surface area contributed by atoms with Crippen LogP contribution >= 0.6 is 0 Å². The maximum Gasteiger partial charge on any atom is 0.164 e. The average molecular weight is 460 g/mol. The number of hydrogen-bond donors (Lipinski definition) is 0. The van der Waals surface area contributed by atoms with Crippen LogP contribution in [0.4, 0.5) is 0 Å². The van der Waals surface area contributed by atoms with Crippen molar-refractivity contribution in [2.75, 3.05) is 0 Å². The van der Waals surface area contributed by atoms with Gasteiger partial charge in [0.05, 0.1) is 13.7 Å². The Morgan fingerprint density at radius 3 is 1.69 bits per heavy atom. The molecule has 0 aliphatic carbocycles. The lowest BCUT2D eigenvalue weighted by Crippen LogP contribution is -2.00. The van der Waals surface area contributed by atoms with Gasteiger partial charge < -0.3 is 4.42 Å². The number of rotatable bonds is 3. The van der Waals surface area contributed by atoms with E-state index in [4.69, 9.17) is 18.1 Å². The Bertz CT molecular complexity index is 2260. The van der Waals surface area contributed by atoms with Gasteiger partial charge in [0.1, 0.15) is 11.2 Å². The van der Waals surface area contributed by atoms with Gasteiger partial charge in [-0.25, -0.2) is 15.0 Å². The second-order valence-electron chi connectivity index (χ2n) is 7.81. The molecule has 0 spiro atoms. The molecule has 0 aliphatic heterocycles. The van der Waals surface area contributed by atoms with Crippen LogP contribution in [-0.2, 0) is 0 Å². The van der Waals surface area contributed by atoms with Crippen molar-refractivity contribution in [3.63, 3.8) is 0 Å². The van der Waals surface area contributed by atoms with Gasteiger partial charge in [0.25, 0.3) is 0 Å². The van der Waals surface area contributed by atoms with Crippen LogP contribution in [0.25, 0.3) is 66.9 Å². The normalized spacial score (nSPS) is 15.4. The molecule has 4 nitrogen and oxygen atoms in total. The van der Waals surface area contributed by atoms with E-state index in [1.165, 1.54) is 0 Å². The minimum absolute atomic E-state index is 0.0267. The van der Waals surface area contributed by atoms with Crippen molar-refractivity contribution in [2.24, 2.45) is 0 Å². The summed E-state index contributed by atoms with van der Waals surface area (Å²) in [5.74, 6) is -0.675. The van der Waals surface area contributed by atoms with E-state index < -0.39 is 60.4 Å². The Hall–Kier alpha value is -4.83. The largest absolute Gasteiger partial charge is 0.456 e. The van der Waals surface area contributed by atoms with E-state index in [0.717, 1.165) is 21.5 Å². The zero-order valence-corrected chi connectivity index (χ0v) is 17.9. The Morgan fingerprint density at radius 2 is 1.06 bits per heavy atom. The Balaban J connectivity index is 1.51. The summed E-state index contributed by atoms with van der Waals surface area (Å²) in [7, 11) is 0. The Kier molecular flexibility index (Phi) is 2.71. The van der Waals surface area contributed by atoms with Crippen LogP contribution in [0.15, 0.2) is 119 Å². The van der Waals surface area contributed by atoms with Gasteiger partial charge in [-0.1, -0.05) is 90.8 Å². The number of hydrogen-bond acceptors (Lipinski definition) is 4. The molecule has 0 atom stereocenters. The average Bonchev–Trinajstić information content (AvgIpc) is 3.40. The maximum atomic E-state index is 8.49. The predicted molar refractivity (Wildman–Crippen MR) is 141 cm³/mol. The highest BCUT2D eigenvalue weighted by molar-refractivity contribution is 6.10. The molecule has 0 unspecified atom stereocenters. The van der Waals surface area contributed by atoms with E-state index in [-0.39, 0.29) is 28.6 Å². The van der Waals surface area contributed by atoms with Gasteiger partial charge in [-0.05, 0) is 35.0 Å². The first kappa shape index (κ1) is 12.0. The Morgan fingerprint density at radius 1 is 0.514 bits per heavy atom. The van der Waals surface area contributed by atoms with E-state index >= 15 is 0 Å². The third-order valence-electron chi connectivity index (χ3n) is 5.68. The van der Waals surface area contributed by atoms with Gasteiger partial charge in [0, 0.05) is 27.5 Å². The number of nitrogens with zero attached hydrogens (tertiary/aromatic N) is 3. The van der Waals surface area contributed by atoms with Crippen LogP contribution in [0, 0.1) is 0 Å². The summed E-state index contributed by atoms with van der Waals surface area (Å²) in [6, 6.07) is 11.2. The lowest BCUT2D eigenvalue weighted by atomic mass is 10.1. The highest BCUT2D eigenvalue weighted by Gasteiger charge is 2.14. The maximum absolute atomic E-state index is 8.49. The summed E-state index contributed by atoms with van der Waals surface area (Å²) < 4.78 is 88.7. The summed E-state index contributed by atoms with van der Waals surface area (Å²) >= 11 is 0. The smallest absolute Gasteiger partial charge is 0.164 e. The zero-order valence-electron chi connectivity index (χ0n) is 27.9. The molecular weight excluding hydrogens is 430 g/mol. The fourth-order valence-electron chi connectivity index (χ4n) is 4.05. The zero-order chi connectivity index (χ0) is 31.9. The van der Waals surface area contributed by atoms with E-state index in [9.17, 15) is 0 Å². The highest BCUT2D eigenvalue weighted by Crippen LogP contribution is 2.34. The summed E-state index contributed by atoms with van der Waals surface area (Å²) in [6.45, 7) is 0. The third-order valence-corrected chi connectivity index (χ3v) is 5.68. The van der Waals surface area contributed by atoms with Crippen LogP contribution in [0.3, 0.4) is 0 Å². The van der Waals surface area contributed by atoms with E-state index in [1.807, 2.05) is 42.5 Å². The first-order valence-electron chi connectivity index (χ1n) is 15.7. The minimum atomic E-state index is -0.603. The molecule has 0 aliphatic rings. The first-order chi connectivity index (χ1) is 21.5. The Labute approximate surface area is 215 Å². The lowest BCUT2D eigenvalue weighted by molar-refractivity contribution is 0.669. The molecule has 0 N–H and O–H groups in total. The van der Waals surface area contributed by atoms with Crippen molar-refractivity contribution < 1.29 is 18.1 Å². The molecular formula is C31H19N3O. The summed E-state index contributed by atoms with van der Waals surface area (Å²) in [6.07, 6.45) is 0. The van der Waals surface area contributed by atoms with Crippen LogP contribution in [0.2, 0.25) is 0 Å². The molecule has 0 saturated heterocycles. The first-order valence-corrected chi connectivity index (χ1v) is 10.7. The van der Waals surface area contributed by atoms with Crippen molar-refractivity contribution in [1.29, 1.82) is 0 Å². The van der Waals surface area contributed by atoms with Gasteiger partial charge >= 0.3 is 0 Å². The number of benzene rings is 5. The predicted octanol–water partition coefficient (Wildman–Crippen LogP) is 7.93. The molecule has 0 amide bonds. The van der Waals surface area contributed by atoms with Crippen molar-refractivity contribution in [1.82, 2.24) is 15.0 Å². The monoisotopic (exact) mass is 459 g/mol. The van der Waals surface area contributed by atoms with Crippen LogP contribution in [-0.4, -0.2) is 15.0 Å². The second-order valence-corrected chi connectivity index (χ2v) is 7.81. The number of aromatic nitrogens is 3. The summed E-state index contributed by atoms with van der Waals surface area (Å²) in [5, 5.41) is 3.77. The third kappa shape index (κ3) is 3.44. The van der Waals surface area contributed by atoms with Crippen LogP contribution < -0.4 is 0 Å². The molecule has 5 aromatic carbocycles. The van der Waals surface area contributed by atoms with Crippen molar-refractivity contribution in [3.8, 4) is 34.2 Å². The van der Waals surface area contributed by atoms with Crippen molar-refractivity contribution in [3.05, 3.63) is 115 Å². The molecule has 7 aromatic rings. The van der Waals surface area contributed by atoms with Gasteiger partial charge in [-0.15, -0.1) is 0 Å². The molecule has 35 heavy (non-hydrogen) atoms. The van der Waals surface area contributed by atoms with Gasteiger partial charge in [0.15, 0.2) is 17.5 Å². The molecule has 2 heterocycles. The second kappa shape index (κ2) is 7.89. The van der Waals surface area contributed by atoms with E-state index in [0.29, 0.717) is 16.7 Å². The van der Waals surface area contributed by atoms with Crippen molar-refractivity contribution >= 4 is 32.7 Å². The standard InChI is InChI=1S/C31H19N3O/c1-3-9-20(10-4-1)29-32-30(21-11-5-2-6-12-21)34-31(33-29)24-15-16-25-26-17-22-13-7-8-14-23(22)18-28(26)35-27(25)19-24/h1-19H/i1D,2D,3D,4D,5D,6D,9D,10D,11D,12D. The molecule has 0 fully saturated rings. The topological polar surface area (TPSA) is 51.8 Å². The number of furan rings is 1. The SMILES string of the molecule is [2H]c1c([2H])c([2H])c(-c2nc(-c3ccc4c(c3)oc3cc5ccccc5cc34)nc(-c3c([2H])c([2H])c([2H])c([2H])c3[2H])n2)c([2H])c1[2H]. The molecule has 0 radical (unpaired) electrons. The van der Waals surface area contributed by atoms with Crippen LogP contribution in [0.1, 0.15) is 13.7 Å². The molecule has 2 aromatic heterocycles. The quantitative estimate of drug-likeness (QED) is 0.269. The fourth-order valence-corrected chi connectivity index (χ4v) is 4.05. The molecule has 164 valence electrons. The minimum Gasteiger partial charge on any atom is -0.456 e. The molecule has 7 rings (SSSR count). The number of fused-ring (bicyclic) bond motifs is 4. The molecule has 4 heteroatoms. The van der Waals surface area contributed by atoms with Crippen LogP contribution in [0.5, 0.6) is 0 Å². The molecule has 0 saturated carbocycles. The van der Waals surface area contributed by atoms with Crippen molar-refractivity contribution in [2.45, 2.75) is 0 Å². The fraction of sp³-hybridized carbons (Fsp3) is 0. The van der Waals surface area contributed by atoms with E-state index in [2.05, 4.69) is 15.0 Å². The van der Waals surface area contributed by atoms with Gasteiger partial charge in [-0.3, -0.25) is 0 Å². The summed E-state index contributed by atoms with van der Waals surface area (Å²) in [4.78, 5) is 13.3. The van der Waals surface area contributed by atoms with Gasteiger partial charge in [-0.2, -0.15) is 0 Å².